The highest BCUT2D eigenvalue weighted by molar-refractivity contribution is 6.35. The quantitative estimate of drug-likeness (QED) is 0.819. The van der Waals surface area contributed by atoms with Gasteiger partial charge in [0.25, 0.3) is 0 Å². The number of nitrogens with zero attached hydrogens (tertiary/aromatic N) is 3. The number of amides is 1. The van der Waals surface area contributed by atoms with Gasteiger partial charge in [0.1, 0.15) is 0 Å². The molecule has 3 rings (SSSR count). The van der Waals surface area contributed by atoms with Crippen LogP contribution >= 0.6 is 23.2 Å². The van der Waals surface area contributed by atoms with E-state index < -0.39 is 0 Å². The minimum atomic E-state index is 0.186. The molecule has 0 saturated carbocycles. The fourth-order valence-corrected chi connectivity index (χ4v) is 3.98. The highest BCUT2D eigenvalue weighted by Crippen LogP contribution is 2.25. The van der Waals surface area contributed by atoms with E-state index in [9.17, 15) is 4.79 Å². The van der Waals surface area contributed by atoms with Crippen LogP contribution in [0.2, 0.25) is 10.0 Å². The van der Waals surface area contributed by atoms with Gasteiger partial charge in [-0.25, -0.2) is 0 Å². The molecule has 2 aliphatic heterocycles. The first kappa shape index (κ1) is 18.0. The number of piperazine rings is 1. The molecule has 6 heteroatoms. The molecule has 2 fully saturated rings. The fourth-order valence-electron chi connectivity index (χ4n) is 3.51. The smallest absolute Gasteiger partial charge is 0.225 e. The Bertz CT molecular complexity index is 580. The van der Waals surface area contributed by atoms with Crippen LogP contribution < -0.4 is 0 Å². The predicted octanol–water partition coefficient (Wildman–Crippen LogP) is 2.98. The van der Waals surface area contributed by atoms with Crippen LogP contribution in [0.5, 0.6) is 0 Å². The van der Waals surface area contributed by atoms with Crippen molar-refractivity contribution in [3.63, 3.8) is 0 Å². The van der Waals surface area contributed by atoms with Crippen molar-refractivity contribution in [2.75, 3.05) is 46.3 Å². The predicted molar refractivity (Wildman–Crippen MR) is 98.5 cm³/mol. The SMILES string of the molecule is CN1CCN(C(=O)C2CCN(Cc3ccc(Cl)cc3Cl)CC2)CC1. The zero-order valence-corrected chi connectivity index (χ0v) is 15.7. The van der Waals surface area contributed by atoms with E-state index in [2.05, 4.69) is 21.7 Å². The number of halogens is 2. The van der Waals surface area contributed by atoms with Crippen LogP contribution in [-0.4, -0.2) is 66.9 Å². The van der Waals surface area contributed by atoms with Crippen molar-refractivity contribution in [3.8, 4) is 0 Å². The van der Waals surface area contributed by atoms with Crippen LogP contribution in [0.15, 0.2) is 18.2 Å². The van der Waals surface area contributed by atoms with Crippen molar-refractivity contribution >= 4 is 29.1 Å². The Hall–Kier alpha value is -0.810. The molecular weight excluding hydrogens is 345 g/mol. The Morgan fingerprint density at radius 2 is 1.75 bits per heavy atom. The third-order valence-electron chi connectivity index (χ3n) is 5.16. The lowest BCUT2D eigenvalue weighted by Crippen LogP contribution is -2.50. The molecular formula is C18H25Cl2N3O. The van der Waals surface area contributed by atoms with Crippen molar-refractivity contribution in [1.29, 1.82) is 0 Å². The largest absolute Gasteiger partial charge is 0.340 e. The van der Waals surface area contributed by atoms with Gasteiger partial charge in [-0.1, -0.05) is 29.3 Å². The first-order valence-electron chi connectivity index (χ1n) is 8.66. The summed E-state index contributed by atoms with van der Waals surface area (Å²) in [6, 6.07) is 5.67. The van der Waals surface area contributed by atoms with Gasteiger partial charge in [-0.2, -0.15) is 0 Å². The minimum Gasteiger partial charge on any atom is -0.340 e. The summed E-state index contributed by atoms with van der Waals surface area (Å²) in [5.74, 6) is 0.539. The van der Waals surface area contributed by atoms with E-state index in [0.717, 1.165) is 69.2 Å². The molecule has 0 aliphatic carbocycles. The Morgan fingerprint density at radius 3 is 2.38 bits per heavy atom. The lowest BCUT2D eigenvalue weighted by atomic mass is 9.94. The topological polar surface area (TPSA) is 26.8 Å². The van der Waals surface area contributed by atoms with Gasteiger partial charge in [-0.3, -0.25) is 9.69 Å². The number of carbonyl (C=O) groups excluding carboxylic acids is 1. The molecule has 0 aromatic heterocycles. The normalized spacial score (nSPS) is 21.2. The van der Waals surface area contributed by atoms with Crippen molar-refractivity contribution in [2.24, 2.45) is 5.92 Å². The minimum absolute atomic E-state index is 0.186. The highest BCUT2D eigenvalue weighted by Gasteiger charge is 2.29. The molecule has 2 heterocycles. The van der Waals surface area contributed by atoms with Crippen LogP contribution in [0.3, 0.4) is 0 Å². The summed E-state index contributed by atoms with van der Waals surface area (Å²) in [6.07, 6.45) is 1.88. The summed E-state index contributed by atoms with van der Waals surface area (Å²) < 4.78 is 0. The zero-order valence-electron chi connectivity index (χ0n) is 14.2. The summed E-state index contributed by atoms with van der Waals surface area (Å²) in [6.45, 7) is 6.43. The Balaban J connectivity index is 1.49. The maximum absolute atomic E-state index is 12.7. The molecule has 0 radical (unpaired) electrons. The number of likely N-dealkylation sites (tertiary alicyclic amines) is 1. The maximum Gasteiger partial charge on any atom is 0.225 e. The van der Waals surface area contributed by atoms with Gasteiger partial charge < -0.3 is 9.80 Å². The van der Waals surface area contributed by atoms with Crippen LogP contribution in [-0.2, 0) is 11.3 Å². The summed E-state index contributed by atoms with van der Waals surface area (Å²) in [5.41, 5.74) is 1.10. The molecule has 2 aliphatic rings. The first-order valence-corrected chi connectivity index (χ1v) is 9.42. The Labute approximate surface area is 154 Å². The van der Waals surface area contributed by atoms with Crippen LogP contribution in [0.4, 0.5) is 0 Å². The second kappa shape index (κ2) is 8.05. The Morgan fingerprint density at radius 1 is 1.08 bits per heavy atom. The van der Waals surface area contributed by atoms with E-state index >= 15 is 0 Å². The fraction of sp³-hybridized carbons (Fsp3) is 0.611. The molecule has 0 unspecified atom stereocenters. The average Bonchev–Trinajstić information content (AvgIpc) is 2.58. The van der Waals surface area contributed by atoms with Gasteiger partial charge in [-0.15, -0.1) is 0 Å². The van der Waals surface area contributed by atoms with E-state index in [-0.39, 0.29) is 5.92 Å². The van der Waals surface area contributed by atoms with Gasteiger partial charge in [0, 0.05) is 48.7 Å². The van der Waals surface area contributed by atoms with Gasteiger partial charge in [0.2, 0.25) is 5.91 Å². The van der Waals surface area contributed by atoms with Crippen molar-refractivity contribution < 1.29 is 4.79 Å². The Kier molecular flexibility index (Phi) is 6.03. The molecule has 1 amide bonds. The van der Waals surface area contributed by atoms with Gasteiger partial charge >= 0.3 is 0 Å². The third-order valence-corrected chi connectivity index (χ3v) is 5.75. The molecule has 2 saturated heterocycles. The van der Waals surface area contributed by atoms with E-state index in [1.165, 1.54) is 0 Å². The van der Waals surface area contributed by atoms with Crippen molar-refractivity contribution in [2.45, 2.75) is 19.4 Å². The molecule has 0 N–H and O–H groups in total. The third kappa shape index (κ3) is 4.42. The number of carbonyl (C=O) groups is 1. The second-order valence-electron chi connectivity index (χ2n) is 6.91. The van der Waals surface area contributed by atoms with E-state index in [1.807, 2.05) is 12.1 Å². The van der Waals surface area contributed by atoms with Crippen LogP contribution in [0, 0.1) is 5.92 Å². The molecule has 1 aromatic rings. The monoisotopic (exact) mass is 369 g/mol. The van der Waals surface area contributed by atoms with E-state index in [0.29, 0.717) is 10.9 Å². The molecule has 4 nitrogen and oxygen atoms in total. The lowest BCUT2D eigenvalue weighted by Gasteiger charge is -2.37. The molecule has 24 heavy (non-hydrogen) atoms. The average molecular weight is 370 g/mol. The zero-order chi connectivity index (χ0) is 17.1. The second-order valence-corrected chi connectivity index (χ2v) is 7.76. The first-order chi connectivity index (χ1) is 11.5. The molecule has 0 bridgehead atoms. The van der Waals surface area contributed by atoms with Gasteiger partial charge in [-0.05, 0) is 50.7 Å². The highest BCUT2D eigenvalue weighted by atomic mass is 35.5. The number of piperidine rings is 1. The number of benzene rings is 1. The summed E-state index contributed by atoms with van der Waals surface area (Å²) in [7, 11) is 2.11. The summed E-state index contributed by atoms with van der Waals surface area (Å²) >= 11 is 12.2. The number of hydrogen-bond acceptors (Lipinski definition) is 3. The van der Waals surface area contributed by atoms with Crippen molar-refractivity contribution in [3.05, 3.63) is 33.8 Å². The van der Waals surface area contributed by atoms with Crippen LogP contribution in [0.1, 0.15) is 18.4 Å². The van der Waals surface area contributed by atoms with Crippen molar-refractivity contribution in [1.82, 2.24) is 14.7 Å². The standard InChI is InChI=1S/C18H25Cl2N3O/c1-21-8-10-23(11-9-21)18(24)14-4-6-22(7-5-14)13-15-2-3-16(19)12-17(15)20/h2-3,12,14H,4-11,13H2,1H3. The maximum atomic E-state index is 12.7. The number of hydrogen-bond donors (Lipinski definition) is 0. The van der Waals surface area contributed by atoms with E-state index in [4.69, 9.17) is 23.2 Å². The molecule has 0 atom stereocenters. The van der Waals surface area contributed by atoms with Gasteiger partial charge in [0.05, 0.1) is 0 Å². The van der Waals surface area contributed by atoms with E-state index in [1.54, 1.807) is 6.07 Å². The summed E-state index contributed by atoms with van der Waals surface area (Å²) in [4.78, 5) is 19.4. The molecule has 1 aromatic carbocycles. The number of likely N-dealkylation sites (N-methyl/N-ethyl adjacent to an activating group) is 1. The number of rotatable bonds is 3. The molecule has 0 spiro atoms. The summed E-state index contributed by atoms with van der Waals surface area (Å²) in [5, 5.41) is 1.39. The van der Waals surface area contributed by atoms with Gasteiger partial charge in [0.15, 0.2) is 0 Å². The molecule has 132 valence electrons. The van der Waals surface area contributed by atoms with Crippen LogP contribution in [0.25, 0.3) is 0 Å². The lowest BCUT2D eigenvalue weighted by molar-refractivity contribution is -0.138.